The minimum atomic E-state index is 0.591. The lowest BCUT2D eigenvalue weighted by atomic mass is 10.2. The maximum Gasteiger partial charge on any atom is 0.173 e. The Kier molecular flexibility index (Phi) is 4.25. The molecule has 0 spiro atoms. The van der Waals surface area contributed by atoms with Gasteiger partial charge < -0.3 is 10.1 Å². The SMILES string of the molecule is CCC(C)NCc1ccc(OC)s1. The van der Waals surface area contributed by atoms with Crippen LogP contribution in [0.2, 0.25) is 0 Å². The molecule has 1 aromatic heterocycles. The van der Waals surface area contributed by atoms with E-state index in [2.05, 4.69) is 25.2 Å². The molecule has 0 amide bonds. The monoisotopic (exact) mass is 199 g/mol. The summed E-state index contributed by atoms with van der Waals surface area (Å²) in [4.78, 5) is 1.33. The lowest BCUT2D eigenvalue weighted by molar-refractivity contribution is 0.427. The molecule has 1 aromatic rings. The molecular weight excluding hydrogens is 182 g/mol. The Morgan fingerprint density at radius 1 is 1.54 bits per heavy atom. The maximum atomic E-state index is 5.12. The first-order chi connectivity index (χ1) is 6.26. The Morgan fingerprint density at radius 2 is 2.31 bits per heavy atom. The van der Waals surface area contributed by atoms with Crippen molar-refractivity contribution >= 4 is 11.3 Å². The molecule has 0 aliphatic rings. The van der Waals surface area contributed by atoms with Crippen molar-refractivity contribution in [2.45, 2.75) is 32.9 Å². The molecule has 0 aromatic carbocycles. The van der Waals surface area contributed by atoms with E-state index in [0.29, 0.717) is 6.04 Å². The number of ether oxygens (including phenoxy) is 1. The Morgan fingerprint density at radius 3 is 2.85 bits per heavy atom. The number of methoxy groups -OCH3 is 1. The number of hydrogen-bond acceptors (Lipinski definition) is 3. The van der Waals surface area contributed by atoms with E-state index in [9.17, 15) is 0 Å². The van der Waals surface area contributed by atoms with Crippen molar-refractivity contribution < 1.29 is 4.74 Å². The van der Waals surface area contributed by atoms with Gasteiger partial charge in [-0.2, -0.15) is 0 Å². The van der Waals surface area contributed by atoms with Gasteiger partial charge >= 0.3 is 0 Å². The van der Waals surface area contributed by atoms with Crippen LogP contribution in [0.3, 0.4) is 0 Å². The molecule has 0 fully saturated rings. The average Bonchev–Trinajstić information content (AvgIpc) is 2.61. The average molecular weight is 199 g/mol. The summed E-state index contributed by atoms with van der Waals surface area (Å²) >= 11 is 1.70. The molecule has 1 heterocycles. The van der Waals surface area contributed by atoms with Gasteiger partial charge in [-0.3, -0.25) is 0 Å². The van der Waals surface area contributed by atoms with Crippen LogP contribution in [0.15, 0.2) is 12.1 Å². The quantitative estimate of drug-likeness (QED) is 0.787. The van der Waals surface area contributed by atoms with E-state index in [-0.39, 0.29) is 0 Å². The third kappa shape index (κ3) is 3.36. The molecule has 0 bridgehead atoms. The Bertz CT molecular complexity index is 247. The lowest BCUT2D eigenvalue weighted by Gasteiger charge is -2.09. The largest absolute Gasteiger partial charge is 0.487 e. The van der Waals surface area contributed by atoms with E-state index in [1.165, 1.54) is 11.3 Å². The highest BCUT2D eigenvalue weighted by atomic mass is 32.1. The predicted octanol–water partition coefficient (Wildman–Crippen LogP) is 2.64. The number of hydrogen-bond donors (Lipinski definition) is 1. The van der Waals surface area contributed by atoms with Crippen LogP contribution in [0.25, 0.3) is 0 Å². The van der Waals surface area contributed by atoms with Gasteiger partial charge in [0.2, 0.25) is 0 Å². The molecule has 1 rings (SSSR count). The van der Waals surface area contributed by atoms with Crippen LogP contribution in [-0.4, -0.2) is 13.2 Å². The maximum absolute atomic E-state index is 5.12. The topological polar surface area (TPSA) is 21.3 Å². The van der Waals surface area contributed by atoms with E-state index in [4.69, 9.17) is 4.74 Å². The first-order valence-electron chi connectivity index (χ1n) is 4.62. The van der Waals surface area contributed by atoms with E-state index < -0.39 is 0 Å². The van der Waals surface area contributed by atoms with Gasteiger partial charge in [0.25, 0.3) is 0 Å². The fraction of sp³-hybridized carbons (Fsp3) is 0.600. The molecule has 1 atom stereocenters. The van der Waals surface area contributed by atoms with Gasteiger partial charge in [0.1, 0.15) is 0 Å². The highest BCUT2D eigenvalue weighted by Gasteiger charge is 2.01. The van der Waals surface area contributed by atoms with Gasteiger partial charge in [0, 0.05) is 17.5 Å². The molecule has 0 aliphatic heterocycles. The van der Waals surface area contributed by atoms with Crippen LogP contribution in [0.4, 0.5) is 0 Å². The van der Waals surface area contributed by atoms with E-state index >= 15 is 0 Å². The molecule has 13 heavy (non-hydrogen) atoms. The first-order valence-corrected chi connectivity index (χ1v) is 5.44. The van der Waals surface area contributed by atoms with Gasteiger partial charge in [-0.05, 0) is 25.5 Å². The van der Waals surface area contributed by atoms with E-state index in [1.807, 2.05) is 6.07 Å². The summed E-state index contributed by atoms with van der Waals surface area (Å²) in [5.74, 6) is 0. The second-order valence-corrected chi connectivity index (χ2v) is 4.25. The summed E-state index contributed by atoms with van der Waals surface area (Å²) in [6.07, 6.45) is 1.17. The normalized spacial score (nSPS) is 12.8. The predicted molar refractivity (Wildman–Crippen MR) is 57.5 cm³/mol. The zero-order chi connectivity index (χ0) is 9.68. The Balaban J connectivity index is 2.36. The zero-order valence-electron chi connectivity index (χ0n) is 8.46. The summed E-state index contributed by atoms with van der Waals surface area (Å²) in [7, 11) is 1.71. The second-order valence-electron chi connectivity index (χ2n) is 3.12. The van der Waals surface area contributed by atoms with E-state index in [1.54, 1.807) is 18.4 Å². The fourth-order valence-electron chi connectivity index (χ4n) is 0.982. The van der Waals surface area contributed by atoms with Crippen molar-refractivity contribution in [2.24, 2.45) is 0 Å². The third-order valence-corrected chi connectivity index (χ3v) is 3.12. The minimum absolute atomic E-state index is 0.591. The van der Waals surface area contributed by atoms with Crippen molar-refractivity contribution in [3.8, 4) is 5.06 Å². The highest BCUT2D eigenvalue weighted by molar-refractivity contribution is 7.13. The molecule has 0 aliphatic carbocycles. The third-order valence-electron chi connectivity index (χ3n) is 2.08. The van der Waals surface area contributed by atoms with E-state index in [0.717, 1.165) is 11.6 Å². The number of nitrogens with one attached hydrogen (secondary N) is 1. The lowest BCUT2D eigenvalue weighted by Crippen LogP contribution is -2.23. The van der Waals surface area contributed by atoms with Crippen LogP contribution in [-0.2, 0) is 6.54 Å². The standard InChI is InChI=1S/C10H17NOS/c1-4-8(2)11-7-9-5-6-10(12-3)13-9/h5-6,8,11H,4,7H2,1-3H3. The van der Waals surface area contributed by atoms with Gasteiger partial charge in [-0.1, -0.05) is 6.92 Å². The summed E-state index contributed by atoms with van der Waals surface area (Å²) in [6.45, 7) is 5.33. The molecule has 1 N–H and O–H groups in total. The highest BCUT2D eigenvalue weighted by Crippen LogP contribution is 2.23. The van der Waals surface area contributed by atoms with Crippen LogP contribution in [0, 0.1) is 0 Å². The second kappa shape index (κ2) is 5.25. The van der Waals surface area contributed by atoms with Crippen molar-refractivity contribution in [3.63, 3.8) is 0 Å². The summed E-state index contributed by atoms with van der Waals surface area (Å²) in [6, 6.07) is 4.71. The van der Waals surface area contributed by atoms with Crippen molar-refractivity contribution in [2.75, 3.05) is 7.11 Å². The van der Waals surface area contributed by atoms with Gasteiger partial charge in [-0.15, -0.1) is 11.3 Å². The fourth-order valence-corrected chi connectivity index (χ4v) is 1.75. The molecule has 3 heteroatoms. The summed E-state index contributed by atoms with van der Waals surface area (Å²) < 4.78 is 5.12. The van der Waals surface area contributed by atoms with Crippen LogP contribution >= 0.6 is 11.3 Å². The number of thiophene rings is 1. The first kappa shape index (κ1) is 10.5. The van der Waals surface area contributed by atoms with Crippen molar-refractivity contribution in [1.29, 1.82) is 0 Å². The molecule has 0 saturated heterocycles. The minimum Gasteiger partial charge on any atom is -0.487 e. The summed E-state index contributed by atoms with van der Waals surface area (Å²) in [5, 5.41) is 4.43. The summed E-state index contributed by atoms with van der Waals surface area (Å²) in [5.41, 5.74) is 0. The molecular formula is C10H17NOS. The Labute approximate surface area is 83.9 Å². The Hall–Kier alpha value is -0.540. The zero-order valence-corrected chi connectivity index (χ0v) is 9.28. The smallest absolute Gasteiger partial charge is 0.173 e. The van der Waals surface area contributed by atoms with Crippen LogP contribution < -0.4 is 10.1 Å². The van der Waals surface area contributed by atoms with Crippen molar-refractivity contribution in [1.82, 2.24) is 5.32 Å². The van der Waals surface area contributed by atoms with Gasteiger partial charge in [-0.25, -0.2) is 0 Å². The number of rotatable bonds is 5. The van der Waals surface area contributed by atoms with Gasteiger partial charge in [0.15, 0.2) is 5.06 Å². The van der Waals surface area contributed by atoms with Gasteiger partial charge in [0.05, 0.1) is 7.11 Å². The van der Waals surface area contributed by atoms with Crippen LogP contribution in [0.1, 0.15) is 25.1 Å². The molecule has 0 radical (unpaired) electrons. The molecule has 1 unspecified atom stereocenters. The molecule has 74 valence electrons. The molecule has 0 saturated carbocycles. The van der Waals surface area contributed by atoms with Crippen molar-refractivity contribution in [3.05, 3.63) is 17.0 Å². The molecule has 2 nitrogen and oxygen atoms in total. The van der Waals surface area contributed by atoms with Crippen LogP contribution in [0.5, 0.6) is 5.06 Å².